The second-order valence-electron chi connectivity index (χ2n) is 5.49. The summed E-state index contributed by atoms with van der Waals surface area (Å²) in [5.74, 6) is 0. The summed E-state index contributed by atoms with van der Waals surface area (Å²) in [5, 5.41) is 0. The van der Waals surface area contributed by atoms with Gasteiger partial charge in [0, 0.05) is 0 Å². The summed E-state index contributed by atoms with van der Waals surface area (Å²) >= 11 is 0. The van der Waals surface area contributed by atoms with E-state index in [2.05, 4.69) is 20.0 Å². The first-order chi connectivity index (χ1) is 13.0. The molecule has 0 N–H and O–H groups in total. The van der Waals surface area contributed by atoms with Crippen molar-refractivity contribution in [2.24, 2.45) is 20.0 Å². The Morgan fingerprint density at radius 2 is 1.00 bits per heavy atom. The summed E-state index contributed by atoms with van der Waals surface area (Å²) in [6.45, 7) is 3.51. The Morgan fingerprint density at radius 1 is 0.630 bits per heavy atom. The second kappa shape index (κ2) is 8.88. The van der Waals surface area contributed by atoms with Crippen molar-refractivity contribution in [1.82, 2.24) is 0 Å². The van der Waals surface area contributed by atoms with Gasteiger partial charge in [-0.1, -0.05) is 0 Å². The summed E-state index contributed by atoms with van der Waals surface area (Å²) in [5.41, 5.74) is 4.02. The third-order valence-corrected chi connectivity index (χ3v) is 4.01. The van der Waals surface area contributed by atoms with E-state index in [1.54, 1.807) is 26.0 Å². The van der Waals surface area contributed by atoms with E-state index < -0.39 is 0 Å². The van der Waals surface area contributed by atoms with Gasteiger partial charge < -0.3 is 0 Å². The van der Waals surface area contributed by atoms with E-state index >= 15 is 0 Å². The zero-order valence-corrected chi connectivity index (χ0v) is 14.4. The van der Waals surface area contributed by atoms with Crippen molar-refractivity contribution in [3.05, 3.63) is 46.5 Å². The van der Waals surface area contributed by atoms with Crippen LogP contribution in [0.15, 0.2) is 44.2 Å². The maximum absolute atomic E-state index is 10.7. The summed E-state index contributed by atoms with van der Waals surface area (Å²) in [7, 11) is 0. The standard InChI is InChI=1S/C19H12N4O4/c1-12-14(4-16(20-8-24)6-18(12)22-10-26)3-15-5-17(21-9-25)7-19(13(15)2)23-11-27/h4-7H,3H2,1-2H3. The Hall–Kier alpha value is -4.04. The number of carbonyl (C=O) groups excluding carboxylic acids is 4. The van der Waals surface area contributed by atoms with Gasteiger partial charge >= 0.3 is 0 Å². The van der Waals surface area contributed by atoms with Gasteiger partial charge in [0.05, 0.1) is 22.7 Å². The summed E-state index contributed by atoms with van der Waals surface area (Å²) in [6.07, 6.45) is 6.15. The van der Waals surface area contributed by atoms with Crippen LogP contribution in [0, 0.1) is 13.8 Å². The van der Waals surface area contributed by atoms with Crippen molar-refractivity contribution in [2.75, 3.05) is 0 Å². The Labute approximate surface area is 153 Å². The molecule has 0 aromatic heterocycles. The molecule has 0 heterocycles. The third kappa shape index (κ3) is 4.53. The molecule has 0 amide bonds. The first-order valence-electron chi connectivity index (χ1n) is 7.62. The van der Waals surface area contributed by atoms with Crippen LogP contribution in [0.25, 0.3) is 0 Å². The van der Waals surface area contributed by atoms with E-state index in [1.165, 1.54) is 36.5 Å². The number of hydrogen-bond acceptors (Lipinski definition) is 8. The SMILES string of the molecule is Cc1c(Cc2cc(N=C=O)cc(N=C=O)c2C)cc(N=C=O)cc1N=C=O. The summed E-state index contributed by atoms with van der Waals surface area (Å²) < 4.78 is 0. The summed E-state index contributed by atoms with van der Waals surface area (Å²) in [6, 6.07) is 6.25. The van der Waals surface area contributed by atoms with Crippen LogP contribution in [-0.2, 0) is 25.6 Å². The van der Waals surface area contributed by atoms with Gasteiger partial charge in [0.2, 0.25) is 24.3 Å². The molecule has 0 spiro atoms. The molecule has 27 heavy (non-hydrogen) atoms. The minimum atomic E-state index is 0.283. The molecule has 0 aliphatic carbocycles. The maximum atomic E-state index is 10.7. The highest BCUT2D eigenvalue weighted by Gasteiger charge is 2.12. The van der Waals surface area contributed by atoms with Crippen molar-refractivity contribution >= 4 is 47.1 Å². The minimum absolute atomic E-state index is 0.283. The van der Waals surface area contributed by atoms with E-state index in [0.717, 1.165) is 11.1 Å². The Bertz CT molecular complexity index is 1010. The van der Waals surface area contributed by atoms with Crippen LogP contribution in [0.1, 0.15) is 22.3 Å². The van der Waals surface area contributed by atoms with Crippen LogP contribution >= 0.6 is 0 Å². The zero-order valence-electron chi connectivity index (χ0n) is 14.4. The molecule has 0 saturated carbocycles. The molecule has 8 nitrogen and oxygen atoms in total. The van der Waals surface area contributed by atoms with Crippen LogP contribution in [0.2, 0.25) is 0 Å². The highest BCUT2D eigenvalue weighted by Crippen LogP contribution is 2.34. The van der Waals surface area contributed by atoms with Gasteiger partial charge in [0.1, 0.15) is 0 Å². The lowest BCUT2D eigenvalue weighted by molar-refractivity contribution is 0.564. The molecule has 2 aromatic carbocycles. The molecule has 2 rings (SSSR count). The smallest absolute Gasteiger partial charge is 0.211 e. The number of nitrogens with zero attached hydrogens (tertiary/aromatic N) is 4. The molecule has 2 aromatic rings. The number of aliphatic imine (C=N–C) groups is 4. The van der Waals surface area contributed by atoms with Gasteiger partial charge in [-0.15, -0.1) is 0 Å². The molecule has 0 aliphatic rings. The fourth-order valence-electron chi connectivity index (χ4n) is 2.62. The van der Waals surface area contributed by atoms with Crippen molar-refractivity contribution < 1.29 is 19.2 Å². The number of hydrogen-bond donors (Lipinski definition) is 0. The van der Waals surface area contributed by atoms with Crippen LogP contribution in [0.5, 0.6) is 0 Å². The number of rotatable bonds is 6. The monoisotopic (exact) mass is 360 g/mol. The molecule has 0 aliphatic heterocycles. The minimum Gasteiger partial charge on any atom is -0.211 e. The van der Waals surface area contributed by atoms with E-state index in [-0.39, 0.29) is 11.4 Å². The van der Waals surface area contributed by atoms with Crippen molar-refractivity contribution in [3.63, 3.8) is 0 Å². The average Bonchev–Trinajstić information content (AvgIpc) is 2.63. The van der Waals surface area contributed by atoms with E-state index in [4.69, 9.17) is 0 Å². The highest BCUT2D eigenvalue weighted by atomic mass is 16.1. The number of isocyanates is 4. The van der Waals surface area contributed by atoms with Gasteiger partial charge in [-0.05, 0) is 66.8 Å². The second-order valence-corrected chi connectivity index (χ2v) is 5.49. The van der Waals surface area contributed by atoms with E-state index in [0.29, 0.717) is 28.9 Å². The quantitative estimate of drug-likeness (QED) is 0.575. The molecule has 132 valence electrons. The Kier molecular flexibility index (Phi) is 6.34. The van der Waals surface area contributed by atoms with Crippen LogP contribution in [-0.4, -0.2) is 24.3 Å². The average molecular weight is 360 g/mol. The van der Waals surface area contributed by atoms with Gasteiger partial charge in [-0.2, -0.15) is 20.0 Å². The maximum Gasteiger partial charge on any atom is 0.240 e. The van der Waals surface area contributed by atoms with Crippen LogP contribution in [0.4, 0.5) is 22.7 Å². The molecule has 0 saturated heterocycles. The molecule has 0 atom stereocenters. The predicted molar refractivity (Wildman–Crippen MR) is 96.3 cm³/mol. The lowest BCUT2D eigenvalue weighted by Crippen LogP contribution is -1.96. The largest absolute Gasteiger partial charge is 0.240 e. The molecule has 0 radical (unpaired) electrons. The van der Waals surface area contributed by atoms with E-state index in [9.17, 15) is 19.2 Å². The van der Waals surface area contributed by atoms with Crippen molar-refractivity contribution in [1.29, 1.82) is 0 Å². The van der Waals surface area contributed by atoms with Crippen LogP contribution in [0.3, 0.4) is 0 Å². The molecule has 8 heteroatoms. The Morgan fingerprint density at radius 3 is 1.33 bits per heavy atom. The fourth-order valence-corrected chi connectivity index (χ4v) is 2.62. The van der Waals surface area contributed by atoms with Crippen molar-refractivity contribution in [2.45, 2.75) is 20.3 Å². The lowest BCUT2D eigenvalue weighted by atomic mass is 9.94. The van der Waals surface area contributed by atoms with Gasteiger partial charge in [-0.25, -0.2) is 19.2 Å². The molecule has 0 bridgehead atoms. The third-order valence-electron chi connectivity index (χ3n) is 4.01. The highest BCUT2D eigenvalue weighted by molar-refractivity contribution is 5.67. The normalized spacial score (nSPS) is 9.26. The van der Waals surface area contributed by atoms with Gasteiger partial charge in [-0.3, -0.25) is 0 Å². The van der Waals surface area contributed by atoms with Crippen LogP contribution < -0.4 is 0 Å². The Balaban J connectivity index is 2.68. The van der Waals surface area contributed by atoms with Gasteiger partial charge in [0.15, 0.2) is 0 Å². The van der Waals surface area contributed by atoms with Crippen molar-refractivity contribution in [3.8, 4) is 0 Å². The molecular formula is C19H12N4O4. The first kappa shape index (κ1) is 19.3. The molecular weight excluding hydrogens is 348 g/mol. The summed E-state index contributed by atoms with van der Waals surface area (Å²) in [4.78, 5) is 56.9. The molecule has 0 unspecified atom stereocenters. The first-order valence-corrected chi connectivity index (χ1v) is 7.62. The fraction of sp³-hybridized carbons (Fsp3) is 0.158. The zero-order chi connectivity index (χ0) is 19.8. The topological polar surface area (TPSA) is 118 Å². The predicted octanol–water partition coefficient (Wildman–Crippen LogP) is 3.76. The molecule has 0 fully saturated rings. The number of benzene rings is 2. The lowest BCUT2D eigenvalue weighted by Gasteiger charge is -2.13. The van der Waals surface area contributed by atoms with E-state index in [1.807, 2.05) is 0 Å². The van der Waals surface area contributed by atoms with Gasteiger partial charge in [0.25, 0.3) is 0 Å².